The van der Waals surface area contributed by atoms with Crippen LogP contribution in [-0.2, 0) is 0 Å². The largest absolute Gasteiger partial charge is 0.0775 e. The molecule has 0 saturated carbocycles. The minimum Gasteiger partial charge on any atom is -0.0775 e. The molecule has 13 heavy (non-hydrogen) atoms. The van der Waals surface area contributed by atoms with Crippen molar-refractivity contribution in [2.75, 3.05) is 5.75 Å². The molecule has 1 heterocycles. The van der Waals surface area contributed by atoms with E-state index in [4.69, 9.17) is 0 Å². The van der Waals surface area contributed by atoms with Crippen LogP contribution in [-0.4, -0.2) is 5.75 Å². The molecule has 0 bridgehead atoms. The standard InChI is InChI=1S/C7H8S6/c1-2-4-6-8-10-12-13-11-9-7-5-3-1/h1-6H,7H2/b2-1-,5-3+,6-4+. The van der Waals surface area contributed by atoms with Crippen LogP contribution in [0.2, 0.25) is 0 Å². The molecule has 1 aliphatic rings. The quantitative estimate of drug-likeness (QED) is 0.527. The van der Waals surface area contributed by atoms with Crippen molar-refractivity contribution < 1.29 is 0 Å². The maximum Gasteiger partial charge on any atom is 0.0229 e. The van der Waals surface area contributed by atoms with Crippen molar-refractivity contribution in [1.29, 1.82) is 0 Å². The van der Waals surface area contributed by atoms with Crippen molar-refractivity contribution in [3.63, 3.8) is 0 Å². The van der Waals surface area contributed by atoms with E-state index in [1.54, 1.807) is 20.6 Å². The summed E-state index contributed by atoms with van der Waals surface area (Å²) in [6, 6.07) is 0. The number of hydrogen-bond donors (Lipinski definition) is 0. The summed E-state index contributed by atoms with van der Waals surface area (Å²) in [5.41, 5.74) is 0. The second-order valence-corrected chi connectivity index (χ2v) is 11.2. The molecule has 0 N–H and O–H groups in total. The summed E-state index contributed by atoms with van der Waals surface area (Å²) in [5.74, 6) is 1.07. The van der Waals surface area contributed by atoms with Crippen LogP contribution in [0.4, 0.5) is 0 Å². The summed E-state index contributed by atoms with van der Waals surface area (Å²) in [6.07, 6.45) is 10.4. The minimum atomic E-state index is 1.07. The predicted molar refractivity (Wildman–Crippen MR) is 77.8 cm³/mol. The molecule has 0 nitrogen and oxygen atoms in total. The molecule has 0 radical (unpaired) electrons. The Kier molecular flexibility index (Phi) is 9.40. The Hall–Kier alpha value is 1.32. The van der Waals surface area contributed by atoms with E-state index in [2.05, 4.69) is 35.8 Å². The van der Waals surface area contributed by atoms with E-state index >= 15 is 0 Å². The molecule has 0 aromatic carbocycles. The molecule has 6 heteroatoms. The first-order chi connectivity index (χ1) is 6.50. The predicted octanol–water partition coefficient (Wildman–Crippen LogP) is 5.60. The van der Waals surface area contributed by atoms with Crippen LogP contribution in [0.1, 0.15) is 0 Å². The molecular formula is C7H8S6. The van der Waals surface area contributed by atoms with E-state index in [1.165, 1.54) is 0 Å². The Balaban J connectivity index is 2.29. The van der Waals surface area contributed by atoms with Crippen molar-refractivity contribution in [2.24, 2.45) is 0 Å². The Labute approximate surface area is 102 Å². The summed E-state index contributed by atoms with van der Waals surface area (Å²) < 4.78 is 0. The summed E-state index contributed by atoms with van der Waals surface area (Å²) in [7, 11) is 10.9. The Bertz CT molecular complexity index is 177. The maximum atomic E-state index is 2.17. The van der Waals surface area contributed by atoms with Gasteiger partial charge in [-0.05, 0) is 44.7 Å². The Morgan fingerprint density at radius 2 is 1.62 bits per heavy atom. The fraction of sp³-hybridized carbons (Fsp3) is 0.143. The van der Waals surface area contributed by atoms with E-state index in [-0.39, 0.29) is 0 Å². The van der Waals surface area contributed by atoms with Crippen molar-refractivity contribution in [3.8, 4) is 0 Å². The van der Waals surface area contributed by atoms with Gasteiger partial charge in [0.25, 0.3) is 0 Å². The average Bonchev–Trinajstić information content (AvgIpc) is 2.18. The van der Waals surface area contributed by atoms with Gasteiger partial charge in [0.2, 0.25) is 0 Å². The van der Waals surface area contributed by atoms with E-state index in [0.29, 0.717) is 0 Å². The summed E-state index contributed by atoms with van der Waals surface area (Å²) in [5, 5.41) is 2.10. The zero-order chi connectivity index (χ0) is 9.19. The molecule has 0 aromatic rings. The maximum absolute atomic E-state index is 2.17. The third kappa shape index (κ3) is 8.32. The third-order valence-corrected chi connectivity index (χ3v) is 11.2. The highest BCUT2D eigenvalue weighted by atomic mass is 33.9. The average molecular weight is 285 g/mol. The van der Waals surface area contributed by atoms with Crippen LogP contribution < -0.4 is 0 Å². The van der Waals surface area contributed by atoms with Crippen LogP contribution in [0.15, 0.2) is 35.8 Å². The van der Waals surface area contributed by atoms with E-state index in [9.17, 15) is 0 Å². The molecule has 0 amide bonds. The molecule has 0 fully saturated rings. The highest BCUT2D eigenvalue weighted by Crippen LogP contribution is 2.52. The van der Waals surface area contributed by atoms with E-state index in [0.717, 1.165) is 5.75 Å². The van der Waals surface area contributed by atoms with Gasteiger partial charge in [-0.25, -0.2) is 0 Å². The number of rotatable bonds is 0. The van der Waals surface area contributed by atoms with Gasteiger partial charge in [-0.3, -0.25) is 0 Å². The normalized spacial score (nSPS) is 27.7. The van der Waals surface area contributed by atoms with Crippen LogP contribution in [0.3, 0.4) is 0 Å². The summed E-state index contributed by atoms with van der Waals surface area (Å²) >= 11 is 0. The van der Waals surface area contributed by atoms with Crippen LogP contribution in [0.25, 0.3) is 0 Å². The van der Waals surface area contributed by atoms with Crippen molar-refractivity contribution in [2.45, 2.75) is 0 Å². The molecule has 0 unspecified atom stereocenters. The Morgan fingerprint density at radius 1 is 0.769 bits per heavy atom. The molecule has 72 valence electrons. The summed E-state index contributed by atoms with van der Waals surface area (Å²) in [4.78, 5) is 0. The molecule has 0 saturated heterocycles. The minimum absolute atomic E-state index is 1.07. The third-order valence-electron chi connectivity index (χ3n) is 0.939. The van der Waals surface area contributed by atoms with Crippen molar-refractivity contribution >= 4 is 60.9 Å². The molecule has 0 aliphatic carbocycles. The highest BCUT2D eigenvalue weighted by Gasteiger charge is 1.91. The zero-order valence-electron chi connectivity index (χ0n) is 6.62. The number of hydrogen-bond acceptors (Lipinski definition) is 6. The smallest absolute Gasteiger partial charge is 0.0229 e. The molecule has 1 aliphatic heterocycles. The first kappa shape index (κ1) is 12.4. The van der Waals surface area contributed by atoms with Gasteiger partial charge in [0, 0.05) is 5.75 Å². The van der Waals surface area contributed by atoms with E-state index in [1.807, 2.05) is 40.3 Å². The Morgan fingerprint density at radius 3 is 2.62 bits per heavy atom. The molecular weight excluding hydrogens is 276 g/mol. The SMILES string of the molecule is C1=C\C=C\SSSSSSC/C=C/1. The van der Waals surface area contributed by atoms with Crippen molar-refractivity contribution in [3.05, 3.63) is 35.8 Å². The lowest BCUT2D eigenvalue weighted by Gasteiger charge is -1.94. The first-order valence-electron chi connectivity index (χ1n) is 3.43. The fourth-order valence-electron chi connectivity index (χ4n) is 0.488. The molecule has 0 spiro atoms. The summed E-state index contributed by atoms with van der Waals surface area (Å²) in [6.45, 7) is 0. The molecule has 0 aromatic heterocycles. The highest BCUT2D eigenvalue weighted by molar-refractivity contribution is 9.42. The van der Waals surface area contributed by atoms with Gasteiger partial charge in [0.05, 0.1) is 0 Å². The lowest BCUT2D eigenvalue weighted by atomic mass is 10.4. The van der Waals surface area contributed by atoms with Gasteiger partial charge >= 0.3 is 0 Å². The van der Waals surface area contributed by atoms with Crippen LogP contribution in [0, 0.1) is 0 Å². The van der Waals surface area contributed by atoms with Crippen molar-refractivity contribution in [1.82, 2.24) is 0 Å². The zero-order valence-corrected chi connectivity index (χ0v) is 11.5. The van der Waals surface area contributed by atoms with Crippen LogP contribution >= 0.6 is 60.9 Å². The lowest BCUT2D eigenvalue weighted by Crippen LogP contribution is -1.60. The van der Waals surface area contributed by atoms with Gasteiger partial charge in [0.1, 0.15) is 0 Å². The first-order valence-corrected chi connectivity index (χ1v) is 11.1. The van der Waals surface area contributed by atoms with Gasteiger partial charge in [0.15, 0.2) is 0 Å². The van der Waals surface area contributed by atoms with Gasteiger partial charge in [-0.15, -0.1) is 0 Å². The topological polar surface area (TPSA) is 0 Å². The number of allylic oxidation sites excluding steroid dienone is 4. The molecule has 1 rings (SSSR count). The van der Waals surface area contributed by atoms with Crippen LogP contribution in [0.5, 0.6) is 0 Å². The second kappa shape index (κ2) is 9.86. The molecule has 0 atom stereocenters. The lowest BCUT2D eigenvalue weighted by molar-refractivity contribution is 1.76. The van der Waals surface area contributed by atoms with Gasteiger partial charge < -0.3 is 0 Å². The van der Waals surface area contributed by atoms with Gasteiger partial charge in [-0.2, -0.15) is 0 Å². The second-order valence-electron chi connectivity index (χ2n) is 1.79. The van der Waals surface area contributed by atoms with E-state index < -0.39 is 0 Å². The van der Waals surface area contributed by atoms with Gasteiger partial charge in [-0.1, -0.05) is 52.0 Å². The fourth-order valence-corrected chi connectivity index (χ4v) is 10.9. The monoisotopic (exact) mass is 284 g/mol.